The standard InChI is InChI=1S/C21H33N5O/c1-6-26(7-2)20(17-11-9-8-10-12-17)15-24-21(22-5)23-14-18-13-19(16(3)4)25-27-18/h8-13,16,20H,6-7,14-15H2,1-5H3,(H2,22,23,24). The molecule has 0 saturated heterocycles. The highest BCUT2D eigenvalue weighted by atomic mass is 16.5. The minimum absolute atomic E-state index is 0.289. The largest absolute Gasteiger partial charge is 0.359 e. The van der Waals surface area contributed by atoms with Crippen LogP contribution in [0.1, 0.15) is 56.7 Å². The summed E-state index contributed by atoms with van der Waals surface area (Å²) in [5, 5.41) is 10.9. The number of likely N-dealkylation sites (N-methyl/N-ethyl adjacent to an activating group) is 1. The van der Waals surface area contributed by atoms with Crippen molar-refractivity contribution in [3.05, 3.63) is 53.4 Å². The molecule has 0 aliphatic carbocycles. The molecule has 27 heavy (non-hydrogen) atoms. The predicted molar refractivity (Wildman–Crippen MR) is 111 cm³/mol. The number of aromatic nitrogens is 1. The number of nitrogens with zero attached hydrogens (tertiary/aromatic N) is 3. The Hall–Kier alpha value is -2.34. The van der Waals surface area contributed by atoms with Gasteiger partial charge in [0.1, 0.15) is 0 Å². The summed E-state index contributed by atoms with van der Waals surface area (Å²) >= 11 is 0. The van der Waals surface area contributed by atoms with Gasteiger partial charge in [0.05, 0.1) is 18.3 Å². The van der Waals surface area contributed by atoms with Crippen molar-refractivity contribution in [2.45, 2.75) is 46.2 Å². The molecular weight excluding hydrogens is 338 g/mol. The number of nitrogens with one attached hydrogen (secondary N) is 2. The second-order valence-corrected chi connectivity index (χ2v) is 6.83. The second-order valence-electron chi connectivity index (χ2n) is 6.83. The molecule has 1 unspecified atom stereocenters. The van der Waals surface area contributed by atoms with Crippen LogP contribution in [-0.2, 0) is 6.54 Å². The van der Waals surface area contributed by atoms with Crippen LogP contribution in [0.15, 0.2) is 45.9 Å². The van der Waals surface area contributed by atoms with Crippen molar-refractivity contribution in [2.24, 2.45) is 4.99 Å². The Balaban J connectivity index is 1.96. The summed E-state index contributed by atoms with van der Waals surface area (Å²) < 4.78 is 5.39. The lowest BCUT2D eigenvalue weighted by Crippen LogP contribution is -2.43. The lowest BCUT2D eigenvalue weighted by molar-refractivity contribution is 0.219. The minimum atomic E-state index is 0.289. The van der Waals surface area contributed by atoms with E-state index in [-0.39, 0.29) is 6.04 Å². The summed E-state index contributed by atoms with van der Waals surface area (Å²) in [5.74, 6) is 1.93. The first-order valence-corrected chi connectivity index (χ1v) is 9.77. The number of benzene rings is 1. The van der Waals surface area contributed by atoms with Crippen LogP contribution >= 0.6 is 0 Å². The van der Waals surface area contributed by atoms with E-state index < -0.39 is 0 Å². The van der Waals surface area contributed by atoms with Gasteiger partial charge < -0.3 is 15.2 Å². The van der Waals surface area contributed by atoms with Crippen molar-refractivity contribution in [1.82, 2.24) is 20.7 Å². The Bertz CT molecular complexity index is 692. The fraction of sp³-hybridized carbons (Fsp3) is 0.524. The van der Waals surface area contributed by atoms with Gasteiger partial charge in [-0.25, -0.2) is 0 Å². The smallest absolute Gasteiger partial charge is 0.191 e. The van der Waals surface area contributed by atoms with Crippen LogP contribution in [-0.4, -0.2) is 42.7 Å². The van der Waals surface area contributed by atoms with Gasteiger partial charge in [0.25, 0.3) is 0 Å². The Labute approximate surface area is 163 Å². The summed E-state index contributed by atoms with van der Waals surface area (Å²) in [5.41, 5.74) is 2.28. The van der Waals surface area contributed by atoms with Gasteiger partial charge in [-0.05, 0) is 24.6 Å². The van der Waals surface area contributed by atoms with E-state index in [1.165, 1.54) is 5.56 Å². The van der Waals surface area contributed by atoms with Crippen LogP contribution in [0.3, 0.4) is 0 Å². The van der Waals surface area contributed by atoms with Crippen LogP contribution in [0.4, 0.5) is 0 Å². The maximum atomic E-state index is 5.39. The predicted octanol–water partition coefficient (Wildman–Crippen LogP) is 3.55. The molecule has 1 aromatic heterocycles. The summed E-state index contributed by atoms with van der Waals surface area (Å²) in [6.45, 7) is 11.9. The quantitative estimate of drug-likeness (QED) is 0.521. The molecule has 1 aromatic carbocycles. The fourth-order valence-corrected chi connectivity index (χ4v) is 3.07. The molecule has 0 amide bonds. The number of guanidine groups is 1. The first kappa shape index (κ1) is 21.0. The lowest BCUT2D eigenvalue weighted by atomic mass is 10.1. The van der Waals surface area contributed by atoms with Crippen LogP contribution in [0, 0.1) is 0 Å². The minimum Gasteiger partial charge on any atom is -0.359 e. The van der Waals surface area contributed by atoms with E-state index in [2.05, 4.69) is 83.7 Å². The summed E-state index contributed by atoms with van der Waals surface area (Å²) in [6.07, 6.45) is 0. The molecule has 2 aromatic rings. The zero-order valence-corrected chi connectivity index (χ0v) is 17.2. The third kappa shape index (κ3) is 6.10. The lowest BCUT2D eigenvalue weighted by Gasteiger charge is -2.30. The molecule has 0 aliphatic heterocycles. The molecule has 6 heteroatoms. The Morgan fingerprint density at radius 2 is 1.85 bits per heavy atom. The summed E-state index contributed by atoms with van der Waals surface area (Å²) in [6, 6.07) is 12.9. The van der Waals surface area contributed by atoms with E-state index in [0.717, 1.165) is 37.0 Å². The summed E-state index contributed by atoms with van der Waals surface area (Å²) in [7, 11) is 1.78. The van der Waals surface area contributed by atoms with Crippen molar-refractivity contribution in [1.29, 1.82) is 0 Å². The third-order valence-electron chi connectivity index (χ3n) is 4.72. The zero-order valence-electron chi connectivity index (χ0n) is 17.2. The van der Waals surface area contributed by atoms with Gasteiger partial charge in [-0.3, -0.25) is 9.89 Å². The Morgan fingerprint density at radius 1 is 1.15 bits per heavy atom. The highest BCUT2D eigenvalue weighted by Gasteiger charge is 2.18. The highest BCUT2D eigenvalue weighted by Crippen LogP contribution is 2.19. The molecule has 1 atom stereocenters. The van der Waals surface area contributed by atoms with Crippen LogP contribution < -0.4 is 10.6 Å². The van der Waals surface area contributed by atoms with Gasteiger partial charge in [0.2, 0.25) is 0 Å². The Morgan fingerprint density at radius 3 is 2.41 bits per heavy atom. The van der Waals surface area contributed by atoms with Gasteiger partial charge in [-0.15, -0.1) is 0 Å². The van der Waals surface area contributed by atoms with Crippen molar-refractivity contribution >= 4 is 5.96 Å². The van der Waals surface area contributed by atoms with E-state index >= 15 is 0 Å². The molecule has 0 fully saturated rings. The molecule has 0 aliphatic rings. The number of hydrogen-bond donors (Lipinski definition) is 2. The van der Waals surface area contributed by atoms with E-state index in [9.17, 15) is 0 Å². The highest BCUT2D eigenvalue weighted by molar-refractivity contribution is 5.79. The summed E-state index contributed by atoms with van der Waals surface area (Å²) in [4.78, 5) is 6.78. The van der Waals surface area contributed by atoms with Gasteiger partial charge in [0, 0.05) is 19.7 Å². The van der Waals surface area contributed by atoms with Gasteiger partial charge in [-0.1, -0.05) is 63.2 Å². The monoisotopic (exact) mass is 371 g/mol. The molecule has 2 rings (SSSR count). The van der Waals surface area contributed by atoms with Crippen LogP contribution in [0.5, 0.6) is 0 Å². The van der Waals surface area contributed by atoms with E-state index in [0.29, 0.717) is 12.5 Å². The van der Waals surface area contributed by atoms with E-state index in [4.69, 9.17) is 4.52 Å². The van der Waals surface area contributed by atoms with Crippen molar-refractivity contribution < 1.29 is 4.52 Å². The normalized spacial score (nSPS) is 13.2. The maximum Gasteiger partial charge on any atom is 0.191 e. The van der Waals surface area contributed by atoms with Crippen molar-refractivity contribution in [2.75, 3.05) is 26.7 Å². The molecule has 0 spiro atoms. The average Bonchev–Trinajstić information content (AvgIpc) is 3.17. The van der Waals surface area contributed by atoms with Gasteiger partial charge >= 0.3 is 0 Å². The molecular formula is C21H33N5O. The van der Waals surface area contributed by atoms with E-state index in [1.807, 2.05) is 6.07 Å². The number of rotatable bonds is 9. The van der Waals surface area contributed by atoms with Crippen molar-refractivity contribution in [3.8, 4) is 0 Å². The Kier molecular flexibility index (Phi) is 8.33. The third-order valence-corrected chi connectivity index (χ3v) is 4.72. The second kappa shape index (κ2) is 10.7. The van der Waals surface area contributed by atoms with Crippen molar-refractivity contribution in [3.63, 3.8) is 0 Å². The molecule has 2 N–H and O–H groups in total. The average molecular weight is 372 g/mol. The SMILES string of the molecule is CCN(CC)C(CNC(=NC)NCc1cc(C(C)C)no1)c1ccccc1. The van der Waals surface area contributed by atoms with Gasteiger partial charge in [-0.2, -0.15) is 0 Å². The number of hydrogen-bond acceptors (Lipinski definition) is 4. The first-order chi connectivity index (χ1) is 13.1. The fourth-order valence-electron chi connectivity index (χ4n) is 3.07. The molecule has 148 valence electrons. The first-order valence-electron chi connectivity index (χ1n) is 9.77. The van der Waals surface area contributed by atoms with Gasteiger partial charge in [0.15, 0.2) is 11.7 Å². The zero-order chi connectivity index (χ0) is 19.6. The van der Waals surface area contributed by atoms with E-state index in [1.54, 1.807) is 7.05 Å². The molecule has 0 saturated carbocycles. The number of aliphatic imine (C=N–C) groups is 1. The van der Waals surface area contributed by atoms with Crippen LogP contribution in [0.2, 0.25) is 0 Å². The maximum absolute atomic E-state index is 5.39. The molecule has 0 radical (unpaired) electrons. The molecule has 1 heterocycles. The van der Waals surface area contributed by atoms with Crippen LogP contribution in [0.25, 0.3) is 0 Å². The topological polar surface area (TPSA) is 65.7 Å². The molecule has 0 bridgehead atoms. The molecule has 6 nitrogen and oxygen atoms in total.